The third-order valence-corrected chi connectivity index (χ3v) is 5.80. The summed E-state index contributed by atoms with van der Waals surface area (Å²) in [5, 5.41) is 12.9. The Labute approximate surface area is 192 Å². The number of pyridine rings is 1. The summed E-state index contributed by atoms with van der Waals surface area (Å²) in [6.45, 7) is 2.96. The molecule has 0 spiro atoms. The predicted octanol–water partition coefficient (Wildman–Crippen LogP) is 3.70. The summed E-state index contributed by atoms with van der Waals surface area (Å²) in [5.41, 5.74) is 0.380. The highest BCUT2D eigenvalue weighted by atomic mass is 19.4. The van der Waals surface area contributed by atoms with Crippen molar-refractivity contribution in [3.8, 4) is 0 Å². The van der Waals surface area contributed by atoms with Crippen molar-refractivity contribution < 1.29 is 27.4 Å². The lowest BCUT2D eigenvalue weighted by atomic mass is 10.1. The molecule has 3 aromatic rings. The van der Waals surface area contributed by atoms with E-state index in [0.717, 1.165) is 11.5 Å². The van der Waals surface area contributed by atoms with Crippen LogP contribution in [0.3, 0.4) is 0 Å². The lowest BCUT2D eigenvalue weighted by molar-refractivity contribution is -0.163. The highest BCUT2D eigenvalue weighted by molar-refractivity contribution is 5.79. The van der Waals surface area contributed by atoms with Gasteiger partial charge in [0.05, 0.1) is 24.4 Å². The van der Waals surface area contributed by atoms with Gasteiger partial charge >= 0.3 is 6.18 Å². The Morgan fingerprint density at radius 1 is 1.21 bits per heavy atom. The second-order valence-electron chi connectivity index (χ2n) is 8.18. The summed E-state index contributed by atoms with van der Waals surface area (Å²) >= 11 is 0. The van der Waals surface area contributed by atoms with Gasteiger partial charge in [0.25, 0.3) is 0 Å². The Bertz CT molecular complexity index is 1150. The first-order valence-corrected chi connectivity index (χ1v) is 10.7. The number of nitrogens with one attached hydrogen (secondary N) is 1. The van der Waals surface area contributed by atoms with Crippen LogP contribution in [0.4, 0.5) is 35.1 Å². The minimum absolute atomic E-state index is 0.0861. The molecule has 1 saturated heterocycles. The molecule has 4 atom stereocenters. The van der Waals surface area contributed by atoms with Gasteiger partial charge in [-0.1, -0.05) is 0 Å². The third kappa shape index (κ3) is 4.75. The van der Waals surface area contributed by atoms with Gasteiger partial charge in [-0.25, -0.2) is 19.3 Å². The minimum atomic E-state index is -4.54. The zero-order valence-electron chi connectivity index (χ0n) is 18.8. The van der Waals surface area contributed by atoms with E-state index in [2.05, 4.69) is 25.3 Å². The molecule has 0 aliphatic carbocycles. The Morgan fingerprint density at radius 2 is 1.97 bits per heavy atom. The number of aromatic nitrogens is 5. The number of rotatable bonds is 6. The van der Waals surface area contributed by atoms with Crippen molar-refractivity contribution in [2.24, 2.45) is 0 Å². The van der Waals surface area contributed by atoms with Crippen LogP contribution in [0.2, 0.25) is 0 Å². The number of nitrogens with zero attached hydrogens (tertiary/aromatic N) is 6. The van der Waals surface area contributed by atoms with Crippen molar-refractivity contribution in [3.63, 3.8) is 0 Å². The van der Waals surface area contributed by atoms with Gasteiger partial charge < -0.3 is 24.6 Å². The number of aliphatic hydroxyl groups is 1. The smallest absolute Gasteiger partial charge is 0.385 e. The molecule has 13 heteroatoms. The number of piperidine rings is 1. The van der Waals surface area contributed by atoms with Crippen molar-refractivity contribution in [1.29, 1.82) is 0 Å². The Hall–Kier alpha value is -3.06. The quantitative estimate of drug-likeness (QED) is 0.512. The summed E-state index contributed by atoms with van der Waals surface area (Å²) < 4.78 is 60.9. The van der Waals surface area contributed by atoms with Crippen LogP contribution in [0.15, 0.2) is 24.5 Å². The Morgan fingerprint density at radius 3 is 2.62 bits per heavy atom. The Kier molecular flexibility index (Phi) is 6.58. The number of hydrogen-bond donors (Lipinski definition) is 2. The first kappa shape index (κ1) is 24.1. The molecule has 0 saturated carbocycles. The molecule has 2 N–H and O–H groups in total. The lowest BCUT2D eigenvalue weighted by Gasteiger charge is -2.33. The van der Waals surface area contributed by atoms with Crippen molar-refractivity contribution in [2.45, 2.75) is 50.9 Å². The summed E-state index contributed by atoms with van der Waals surface area (Å²) in [6.07, 6.45) is -4.08. The molecular formula is C21H25F4N7O2. The molecule has 1 fully saturated rings. The normalized spacial score (nSPS) is 21.0. The van der Waals surface area contributed by atoms with Gasteiger partial charge in [0.15, 0.2) is 0 Å². The van der Waals surface area contributed by atoms with Gasteiger partial charge in [-0.05, 0) is 26.3 Å². The van der Waals surface area contributed by atoms with Gasteiger partial charge in [-0.2, -0.15) is 18.2 Å². The predicted molar refractivity (Wildman–Crippen MR) is 117 cm³/mol. The van der Waals surface area contributed by atoms with Gasteiger partial charge in [0.1, 0.15) is 41.3 Å². The molecule has 0 aromatic carbocycles. The fourth-order valence-electron chi connectivity index (χ4n) is 3.97. The van der Waals surface area contributed by atoms with Crippen LogP contribution >= 0.6 is 0 Å². The van der Waals surface area contributed by atoms with E-state index in [0.29, 0.717) is 24.7 Å². The monoisotopic (exact) mass is 483 g/mol. The van der Waals surface area contributed by atoms with Crippen LogP contribution in [0.1, 0.15) is 38.2 Å². The van der Waals surface area contributed by atoms with E-state index < -0.39 is 30.6 Å². The largest absolute Gasteiger partial charge is 0.408 e. The second kappa shape index (κ2) is 9.29. The molecule has 0 amide bonds. The van der Waals surface area contributed by atoms with Crippen molar-refractivity contribution in [3.05, 3.63) is 30.4 Å². The molecule has 1 aliphatic rings. The summed E-state index contributed by atoms with van der Waals surface area (Å²) in [4.78, 5) is 18.7. The molecule has 0 unspecified atom stereocenters. The van der Waals surface area contributed by atoms with Gasteiger partial charge in [-0.15, -0.1) is 0 Å². The van der Waals surface area contributed by atoms with Crippen molar-refractivity contribution in [2.75, 3.05) is 30.4 Å². The van der Waals surface area contributed by atoms with Crippen LogP contribution < -0.4 is 10.2 Å². The number of halogens is 4. The highest BCUT2D eigenvalue weighted by Gasteiger charge is 2.40. The fraction of sp³-hybridized carbons (Fsp3) is 0.524. The number of anilines is 3. The number of methoxy groups -OCH3 is 1. The molecule has 0 radical (unpaired) electrons. The molecule has 184 valence electrons. The zero-order chi connectivity index (χ0) is 24.6. The Balaban J connectivity index is 1.62. The first-order valence-electron chi connectivity index (χ1n) is 10.7. The van der Waals surface area contributed by atoms with Gasteiger partial charge in [0, 0.05) is 25.9 Å². The average Bonchev–Trinajstić information content (AvgIpc) is 3.17. The summed E-state index contributed by atoms with van der Waals surface area (Å²) in [5.74, 6) is 0.775. The van der Waals surface area contributed by atoms with Crippen molar-refractivity contribution >= 4 is 28.6 Å². The molecule has 4 rings (SSSR count). The highest BCUT2D eigenvalue weighted by Crippen LogP contribution is 2.36. The topological polar surface area (TPSA) is 101 Å². The fourth-order valence-corrected chi connectivity index (χ4v) is 3.97. The maximum Gasteiger partial charge on any atom is 0.408 e. The van der Waals surface area contributed by atoms with Crippen LogP contribution in [0.5, 0.6) is 0 Å². The van der Waals surface area contributed by atoms with E-state index in [1.165, 1.54) is 32.5 Å². The van der Waals surface area contributed by atoms with E-state index in [-0.39, 0.29) is 29.2 Å². The molecule has 34 heavy (non-hydrogen) atoms. The number of ether oxygens (including phenoxy) is 1. The second-order valence-corrected chi connectivity index (χ2v) is 8.18. The number of aliphatic hydroxyl groups excluding tert-OH is 1. The molecule has 4 heterocycles. The van der Waals surface area contributed by atoms with Gasteiger partial charge in [-0.3, -0.25) is 0 Å². The number of fused-ring (bicyclic) bond motifs is 1. The van der Waals surface area contributed by atoms with E-state index in [1.54, 1.807) is 11.0 Å². The van der Waals surface area contributed by atoms with E-state index in [9.17, 15) is 22.7 Å². The summed E-state index contributed by atoms with van der Waals surface area (Å²) in [7, 11) is 1.48. The maximum absolute atomic E-state index is 14.3. The first-order chi connectivity index (χ1) is 16.1. The van der Waals surface area contributed by atoms with Crippen LogP contribution in [0.25, 0.3) is 11.0 Å². The number of hydrogen-bond acceptors (Lipinski definition) is 8. The SMILES string of the molecule is CO[C@@H]1CCN(c2nccc(Nc3cc4c(cn3)nc([C@@H](C)O)n4[C@H](C)C(F)(F)F)n2)C[C@@H]1F. The number of imidazole rings is 1. The van der Waals surface area contributed by atoms with Crippen LogP contribution in [0, 0.1) is 0 Å². The lowest BCUT2D eigenvalue weighted by Crippen LogP contribution is -2.46. The summed E-state index contributed by atoms with van der Waals surface area (Å²) in [6, 6.07) is 1.08. The third-order valence-electron chi connectivity index (χ3n) is 5.80. The minimum Gasteiger partial charge on any atom is -0.385 e. The zero-order valence-corrected chi connectivity index (χ0v) is 18.8. The average molecular weight is 483 g/mol. The number of alkyl halides is 4. The molecular weight excluding hydrogens is 458 g/mol. The van der Waals surface area contributed by atoms with Crippen LogP contribution in [-0.4, -0.2) is 68.3 Å². The standard InChI is InChI=1S/C21H25F4N7O2/c1-11(33)19-28-14-9-27-18(8-15(14)32(19)12(2)21(23,24)25)29-17-4-6-26-20(30-17)31-7-5-16(34-3)13(22)10-31/h4,6,8-9,11-13,16,33H,5,7,10H2,1-3H3,(H,26,27,29,30)/t11-,12-,13+,16-/m1/s1. The molecule has 9 nitrogen and oxygen atoms in total. The van der Waals surface area contributed by atoms with Gasteiger partial charge in [0.2, 0.25) is 5.95 Å². The van der Waals surface area contributed by atoms with Crippen molar-refractivity contribution in [1.82, 2.24) is 24.5 Å². The van der Waals surface area contributed by atoms with E-state index >= 15 is 0 Å². The molecule has 1 aliphatic heterocycles. The van der Waals surface area contributed by atoms with E-state index in [4.69, 9.17) is 4.74 Å². The van der Waals surface area contributed by atoms with E-state index in [1.807, 2.05) is 0 Å². The van der Waals surface area contributed by atoms with Crippen LogP contribution in [-0.2, 0) is 4.74 Å². The molecule has 0 bridgehead atoms. The maximum atomic E-state index is 14.3. The molecule has 3 aromatic heterocycles.